The van der Waals surface area contributed by atoms with Gasteiger partial charge in [0.25, 0.3) is 5.91 Å². The minimum absolute atomic E-state index is 0.249. The highest BCUT2D eigenvalue weighted by Crippen LogP contribution is 2.17. The molecule has 5 heteroatoms. The van der Waals surface area contributed by atoms with E-state index in [4.69, 9.17) is 11.6 Å². The monoisotopic (exact) mass is 297 g/mol. The number of hydrogen-bond donors (Lipinski definition) is 1. The number of para-hydroxylation sites is 1. The molecule has 0 saturated heterocycles. The second-order valence-electron chi connectivity index (χ2n) is 4.53. The van der Waals surface area contributed by atoms with Gasteiger partial charge in [0.2, 0.25) is 0 Å². The van der Waals surface area contributed by atoms with Crippen LogP contribution in [0, 0.1) is 0 Å². The minimum atomic E-state index is -0.249. The molecule has 21 heavy (non-hydrogen) atoms. The molecule has 0 atom stereocenters. The Kier molecular flexibility index (Phi) is 3.79. The first-order valence-corrected chi connectivity index (χ1v) is 6.84. The van der Waals surface area contributed by atoms with Gasteiger partial charge in [0.05, 0.1) is 16.1 Å². The van der Waals surface area contributed by atoms with Gasteiger partial charge in [0.1, 0.15) is 0 Å². The van der Waals surface area contributed by atoms with Crippen LogP contribution in [-0.2, 0) is 6.54 Å². The van der Waals surface area contributed by atoms with Crippen LogP contribution in [0.3, 0.4) is 0 Å². The van der Waals surface area contributed by atoms with Crippen LogP contribution in [0.2, 0.25) is 5.02 Å². The largest absolute Gasteiger partial charge is 0.348 e. The minimum Gasteiger partial charge on any atom is -0.348 e. The van der Waals surface area contributed by atoms with Gasteiger partial charge in [-0.2, -0.15) is 0 Å². The lowest BCUT2D eigenvalue weighted by Crippen LogP contribution is -2.23. The van der Waals surface area contributed by atoms with Gasteiger partial charge in [0.15, 0.2) is 0 Å². The Balaban J connectivity index is 1.81. The highest BCUT2D eigenvalue weighted by molar-refractivity contribution is 6.33. The predicted octanol–water partition coefficient (Wildman–Crippen LogP) is 3.21. The summed E-state index contributed by atoms with van der Waals surface area (Å²) in [7, 11) is 0. The standard InChI is InChI=1S/C16H12ClN3O/c17-14-6-8-18-10-13(14)16(21)20-9-12-4-1-3-11-5-2-7-19-15(11)12/h1-8,10H,9H2,(H,20,21). The van der Waals surface area contributed by atoms with Crippen LogP contribution in [-0.4, -0.2) is 15.9 Å². The van der Waals surface area contributed by atoms with Crippen LogP contribution >= 0.6 is 11.6 Å². The van der Waals surface area contributed by atoms with E-state index in [0.717, 1.165) is 16.5 Å². The van der Waals surface area contributed by atoms with Crippen LogP contribution in [0.1, 0.15) is 15.9 Å². The normalized spacial score (nSPS) is 10.5. The number of pyridine rings is 2. The molecule has 3 aromatic rings. The molecule has 0 spiro atoms. The molecule has 0 aliphatic heterocycles. The van der Waals surface area contributed by atoms with Crippen molar-refractivity contribution < 1.29 is 4.79 Å². The molecule has 2 heterocycles. The van der Waals surface area contributed by atoms with E-state index in [1.807, 2.05) is 30.3 Å². The van der Waals surface area contributed by atoms with Crippen molar-refractivity contribution in [3.05, 3.63) is 71.1 Å². The van der Waals surface area contributed by atoms with Crippen LogP contribution in [0.5, 0.6) is 0 Å². The van der Waals surface area contributed by atoms with E-state index < -0.39 is 0 Å². The van der Waals surface area contributed by atoms with Gasteiger partial charge in [-0.05, 0) is 17.7 Å². The van der Waals surface area contributed by atoms with Crippen molar-refractivity contribution in [2.24, 2.45) is 0 Å². The van der Waals surface area contributed by atoms with Gasteiger partial charge in [-0.1, -0.05) is 35.9 Å². The number of carbonyl (C=O) groups excluding carboxylic acids is 1. The molecular weight excluding hydrogens is 286 g/mol. The molecule has 0 unspecified atom stereocenters. The molecule has 0 bridgehead atoms. The highest BCUT2D eigenvalue weighted by Gasteiger charge is 2.10. The number of nitrogens with one attached hydrogen (secondary N) is 1. The topological polar surface area (TPSA) is 54.9 Å². The molecule has 1 amide bonds. The zero-order valence-corrected chi connectivity index (χ0v) is 11.8. The Morgan fingerprint density at radius 1 is 1.14 bits per heavy atom. The maximum atomic E-state index is 12.1. The van der Waals surface area contributed by atoms with E-state index in [0.29, 0.717) is 17.1 Å². The Morgan fingerprint density at radius 2 is 2.00 bits per heavy atom. The first kappa shape index (κ1) is 13.5. The lowest BCUT2D eigenvalue weighted by Gasteiger charge is -2.08. The van der Waals surface area contributed by atoms with Gasteiger partial charge in [-0.3, -0.25) is 14.8 Å². The Labute approximate surface area is 126 Å². The molecule has 3 rings (SSSR count). The maximum absolute atomic E-state index is 12.1. The lowest BCUT2D eigenvalue weighted by molar-refractivity contribution is 0.0951. The van der Waals surface area contributed by atoms with E-state index >= 15 is 0 Å². The summed E-state index contributed by atoms with van der Waals surface area (Å²) in [6, 6.07) is 11.4. The predicted molar refractivity (Wildman–Crippen MR) is 82.2 cm³/mol. The van der Waals surface area contributed by atoms with Crippen molar-refractivity contribution in [3.8, 4) is 0 Å². The third kappa shape index (κ3) is 2.85. The second-order valence-corrected chi connectivity index (χ2v) is 4.94. The zero-order chi connectivity index (χ0) is 14.7. The molecule has 0 radical (unpaired) electrons. The summed E-state index contributed by atoms with van der Waals surface area (Å²) in [6.07, 6.45) is 4.75. The number of fused-ring (bicyclic) bond motifs is 1. The quantitative estimate of drug-likeness (QED) is 0.807. The summed E-state index contributed by atoms with van der Waals surface area (Å²) in [6.45, 7) is 0.387. The van der Waals surface area contributed by atoms with Crippen molar-refractivity contribution in [1.29, 1.82) is 0 Å². The Hall–Kier alpha value is -2.46. The van der Waals surface area contributed by atoms with Crippen LogP contribution in [0.4, 0.5) is 0 Å². The third-order valence-electron chi connectivity index (χ3n) is 3.17. The van der Waals surface area contributed by atoms with E-state index in [9.17, 15) is 4.79 Å². The van der Waals surface area contributed by atoms with E-state index in [1.54, 1.807) is 18.5 Å². The maximum Gasteiger partial charge on any atom is 0.254 e. The van der Waals surface area contributed by atoms with Gasteiger partial charge < -0.3 is 5.32 Å². The lowest BCUT2D eigenvalue weighted by atomic mass is 10.1. The average Bonchev–Trinajstić information content (AvgIpc) is 2.53. The number of carbonyl (C=O) groups is 1. The molecule has 0 fully saturated rings. The number of nitrogens with zero attached hydrogens (tertiary/aromatic N) is 2. The van der Waals surface area contributed by atoms with E-state index in [1.165, 1.54) is 6.20 Å². The summed E-state index contributed by atoms with van der Waals surface area (Å²) in [5.41, 5.74) is 2.21. The van der Waals surface area contributed by atoms with Crippen molar-refractivity contribution in [1.82, 2.24) is 15.3 Å². The van der Waals surface area contributed by atoms with Crippen LogP contribution in [0.25, 0.3) is 10.9 Å². The Morgan fingerprint density at radius 3 is 2.86 bits per heavy atom. The molecule has 4 nitrogen and oxygen atoms in total. The van der Waals surface area contributed by atoms with Crippen molar-refractivity contribution in [2.75, 3.05) is 0 Å². The van der Waals surface area contributed by atoms with Gasteiger partial charge in [-0.25, -0.2) is 0 Å². The molecule has 104 valence electrons. The summed E-state index contributed by atoms with van der Waals surface area (Å²) in [5, 5.41) is 4.28. The summed E-state index contributed by atoms with van der Waals surface area (Å²) in [5.74, 6) is -0.249. The summed E-state index contributed by atoms with van der Waals surface area (Å²) < 4.78 is 0. The van der Waals surface area contributed by atoms with Gasteiger partial charge >= 0.3 is 0 Å². The first-order valence-electron chi connectivity index (χ1n) is 6.46. The van der Waals surface area contributed by atoms with Crippen LogP contribution in [0.15, 0.2) is 55.0 Å². The molecule has 0 saturated carbocycles. The zero-order valence-electron chi connectivity index (χ0n) is 11.1. The SMILES string of the molecule is O=C(NCc1cccc2cccnc12)c1cnccc1Cl. The summed E-state index contributed by atoms with van der Waals surface area (Å²) in [4.78, 5) is 20.4. The third-order valence-corrected chi connectivity index (χ3v) is 3.50. The summed E-state index contributed by atoms with van der Waals surface area (Å²) >= 11 is 5.98. The van der Waals surface area contributed by atoms with Gasteiger partial charge in [0, 0.05) is 30.5 Å². The first-order chi connectivity index (χ1) is 10.3. The Bertz CT molecular complexity index is 799. The number of amides is 1. The molecule has 2 aromatic heterocycles. The van der Waals surface area contributed by atoms with Crippen molar-refractivity contribution >= 4 is 28.4 Å². The van der Waals surface area contributed by atoms with Crippen molar-refractivity contribution in [2.45, 2.75) is 6.54 Å². The molecular formula is C16H12ClN3O. The van der Waals surface area contributed by atoms with Crippen LogP contribution < -0.4 is 5.32 Å². The molecule has 0 aliphatic carbocycles. The molecule has 1 N–H and O–H groups in total. The van der Waals surface area contributed by atoms with E-state index in [-0.39, 0.29) is 5.91 Å². The number of hydrogen-bond acceptors (Lipinski definition) is 3. The molecule has 0 aliphatic rings. The smallest absolute Gasteiger partial charge is 0.254 e. The average molecular weight is 298 g/mol. The second kappa shape index (κ2) is 5.89. The molecule has 1 aromatic carbocycles. The fourth-order valence-corrected chi connectivity index (χ4v) is 2.32. The van der Waals surface area contributed by atoms with Crippen molar-refractivity contribution in [3.63, 3.8) is 0 Å². The fourth-order valence-electron chi connectivity index (χ4n) is 2.13. The number of benzene rings is 1. The fraction of sp³-hybridized carbons (Fsp3) is 0.0625. The van der Waals surface area contributed by atoms with Gasteiger partial charge in [-0.15, -0.1) is 0 Å². The number of rotatable bonds is 3. The highest BCUT2D eigenvalue weighted by atomic mass is 35.5. The van der Waals surface area contributed by atoms with E-state index in [2.05, 4.69) is 15.3 Å². The number of halogens is 1. The number of aromatic nitrogens is 2.